The highest BCUT2D eigenvalue weighted by Gasteiger charge is 2.28. The number of nitrogens with two attached hydrogens (primary N) is 1. The quantitative estimate of drug-likeness (QED) is 0.0108. The zero-order chi connectivity index (χ0) is 97.4. The highest BCUT2D eigenvalue weighted by Crippen LogP contribution is 2.38. The van der Waals surface area contributed by atoms with Gasteiger partial charge in [-0.2, -0.15) is 0 Å². The van der Waals surface area contributed by atoms with Crippen LogP contribution >= 0.6 is 11.6 Å². The minimum absolute atomic E-state index is 0.0156. The Morgan fingerprint density at radius 3 is 1.21 bits per heavy atom. The molecule has 4 aliphatic heterocycles. The number of aliphatic hydroxyl groups excluding tert-OH is 3. The van der Waals surface area contributed by atoms with Gasteiger partial charge in [-0.3, -0.25) is 14.4 Å². The van der Waals surface area contributed by atoms with E-state index < -0.39 is 12.5 Å². The van der Waals surface area contributed by atoms with E-state index in [1.807, 2.05) is 202 Å². The number of aromatic hydroxyl groups is 1. The number of methoxy groups -OCH3 is 4. The predicted octanol–water partition coefficient (Wildman–Crippen LogP) is 18.5. The third-order valence-electron chi connectivity index (χ3n) is 24.2. The molecule has 709 valence electrons. The summed E-state index contributed by atoms with van der Waals surface area (Å²) in [5.74, 6) is 5.54. The molecule has 3 saturated heterocycles. The number of amides is 3. The number of alkyl halides is 1. The molecule has 3 amide bonds. The van der Waals surface area contributed by atoms with Crippen molar-refractivity contribution in [2.75, 3.05) is 128 Å². The lowest BCUT2D eigenvalue weighted by atomic mass is 8.97. The maximum absolute atomic E-state index is 12.1. The molecular weight excluding hydrogens is 1710 g/mol. The van der Waals surface area contributed by atoms with Crippen LogP contribution in [0.2, 0.25) is 6.82 Å². The van der Waals surface area contributed by atoms with Crippen molar-refractivity contribution in [3.8, 4) is 34.5 Å². The molecule has 4 aliphatic rings. The van der Waals surface area contributed by atoms with Crippen LogP contribution in [0.3, 0.4) is 0 Å². The molecule has 0 aliphatic carbocycles. The van der Waals surface area contributed by atoms with Gasteiger partial charge in [0.05, 0.1) is 46.8 Å². The lowest BCUT2D eigenvalue weighted by Crippen LogP contribution is -2.39. The lowest BCUT2D eigenvalue weighted by molar-refractivity contribution is -0.119. The molecule has 0 saturated carbocycles. The van der Waals surface area contributed by atoms with Crippen molar-refractivity contribution in [2.45, 2.75) is 154 Å². The first-order chi connectivity index (χ1) is 65.2. The molecule has 0 spiro atoms. The summed E-state index contributed by atoms with van der Waals surface area (Å²) in [6.07, 6.45) is 11.1. The van der Waals surface area contributed by atoms with Gasteiger partial charge < -0.3 is 90.3 Å². The Bertz CT molecular complexity index is 5100. The van der Waals surface area contributed by atoms with Crippen molar-refractivity contribution in [3.05, 3.63) is 305 Å². The lowest BCUT2D eigenvalue weighted by Gasteiger charge is -2.33. The van der Waals surface area contributed by atoms with E-state index >= 15 is 0 Å². The van der Waals surface area contributed by atoms with Gasteiger partial charge in [0.1, 0.15) is 17.6 Å². The number of ether oxygens (including phenoxy) is 5. The van der Waals surface area contributed by atoms with Crippen molar-refractivity contribution >= 4 is 101 Å². The highest BCUT2D eigenvalue weighted by atomic mass is 35.5. The Balaban J connectivity index is 0.000000207. The normalized spacial score (nSPS) is 15.1. The average molecular weight is 1840 g/mol. The Hall–Kier alpha value is -10.7. The Labute approximate surface area is 813 Å². The molecule has 0 aromatic heterocycles. The number of aliphatic hydroxyl groups is 3. The number of phenolic OH excluding ortho intramolecular Hbond substituents is 1. The number of carbonyl (C=O) groups is 3. The molecule has 10 N–H and O–H groups in total. The van der Waals surface area contributed by atoms with E-state index in [4.69, 9.17) is 69.3 Å². The summed E-state index contributed by atoms with van der Waals surface area (Å²) in [5.41, 5.74) is 19.8. The van der Waals surface area contributed by atoms with E-state index in [2.05, 4.69) is 103 Å². The summed E-state index contributed by atoms with van der Waals surface area (Å²) in [5, 5.41) is 57.5. The number of benzene rings is 10. The number of rotatable bonds is 32. The zero-order valence-electron chi connectivity index (χ0n) is 80.5. The third kappa shape index (κ3) is 39.1. The molecule has 28 heteroatoms. The van der Waals surface area contributed by atoms with Crippen LogP contribution in [0.25, 0.3) is 5.57 Å². The van der Waals surface area contributed by atoms with Gasteiger partial charge >= 0.3 is 7.05 Å². The van der Waals surface area contributed by atoms with Crippen LogP contribution in [-0.4, -0.2) is 213 Å². The maximum Gasteiger partial charge on any atom is 0.376 e. The number of nitrogens with one attached hydrogen (secondary N) is 3. The van der Waals surface area contributed by atoms with E-state index in [1.165, 1.54) is 55.0 Å². The standard InChI is InChI=1S/C32H40N2O4.C24H32N2O2.C22H28N2O2.C12H17BN2O.C9H11ClO.C8H10O3.B5/c1-23(2)32(35)33-27-12-8-11-26(21-27)24-15-18-34(19-16-24)20-17-29(25-9-6-5-7-10-25)38-28-13-14-30(36-3)31(22-28)37-4;1-18(2)24(28)25-22-10-6-9-21(17-22)19-11-14-26(15-12-19)16-13-23(27)20-7-4-3-5-8-20;1-17(25)23-21-9-5-8-20(16-21)18-10-13-24(14-11-18)15-12-22(26)19-6-3-2-4-7-19;1-13(16)15-7-5-10(6-8-15)11-3-2-4-12(14)9-11;10-7-6-9(11)8-4-2-1-3-5-8;1-10-7-4-3-6(9)5-8(7)11-2;1-4-5(2)3/h5-14,21-24,29H,15-20H2,1-4H3,(H,33,35);3-10,17-19,23,27H,11-16H2,1-2H3,(H,25,28);2-9,16,18,22,26H,10-15H2,1H3,(H,23,25);2-5,9,16H,6-8,14H2,1H3;1-5,9,11H,6-7H2;3-5,9H,1-2H3;/t29-;23-;22-;;9-;;/m101.1../s1. The number of hydrogen-bond acceptors (Lipinski definition) is 18. The van der Waals surface area contributed by atoms with Crippen molar-refractivity contribution in [1.82, 2.24) is 19.5 Å². The molecule has 3 fully saturated rings. The number of anilines is 4. The summed E-state index contributed by atoms with van der Waals surface area (Å²) in [4.78, 5) is 44.7. The summed E-state index contributed by atoms with van der Waals surface area (Å²) >= 11 is 5.49. The number of nitrogen functional groups attached to an aromatic ring is 1. The minimum atomic E-state index is -0.463. The van der Waals surface area contributed by atoms with Crippen LogP contribution in [-0.2, 0) is 14.4 Å². The van der Waals surface area contributed by atoms with Gasteiger partial charge in [0, 0.05) is 129 Å². The Morgan fingerprint density at radius 1 is 0.474 bits per heavy atom. The molecule has 21 nitrogen and oxygen atoms in total. The zero-order valence-corrected chi connectivity index (χ0v) is 81.3. The number of piperidine rings is 3. The number of hydrogen-bond donors (Lipinski definition) is 9. The van der Waals surface area contributed by atoms with E-state index in [-0.39, 0.29) is 60.7 Å². The highest BCUT2D eigenvalue weighted by molar-refractivity contribution is 7.60. The van der Waals surface area contributed by atoms with Crippen LogP contribution in [0.5, 0.6) is 34.5 Å². The second-order valence-electron chi connectivity index (χ2n) is 34.9. The van der Waals surface area contributed by atoms with Gasteiger partial charge in [-0.1, -0.05) is 204 Å². The summed E-state index contributed by atoms with van der Waals surface area (Å²) < 4.78 is 27.2. The maximum atomic E-state index is 12.1. The average Bonchev–Trinajstić information content (AvgIpc) is 0.456. The van der Waals surface area contributed by atoms with Gasteiger partial charge in [0.15, 0.2) is 23.0 Å². The minimum Gasteiger partial charge on any atom is -0.508 e. The molecule has 0 unspecified atom stereocenters. The van der Waals surface area contributed by atoms with E-state index in [9.17, 15) is 34.7 Å². The molecule has 10 aromatic carbocycles. The summed E-state index contributed by atoms with van der Waals surface area (Å²) in [6, 6.07) is 82.9. The van der Waals surface area contributed by atoms with E-state index in [1.54, 1.807) is 40.3 Å². The second-order valence-corrected chi connectivity index (χ2v) is 35.3. The fourth-order valence-electron chi connectivity index (χ4n) is 16.3. The van der Waals surface area contributed by atoms with Crippen molar-refractivity contribution in [2.24, 2.45) is 11.8 Å². The number of nitrogens with zero attached hydrogens (tertiary/aromatic N) is 4. The SMILES string of the molecule is CB(O)N1CC=C(c2cccc(N)c2)CC1.CC(=O)Nc1cccc(C2CCN(CC[C@@H](O)c3ccccc3)CC2)c1.CC(C)C(=O)Nc1cccc(C2CCN(CC[C@H](O)c3ccccc3)CC2)c1.COc1ccc(O)cc1OC.COc1ccc(O[C@H](CCN2CCC(c3cccc(NC(=O)C(C)C)c3)CC2)c2ccccc2)cc1OC.O[C@H](CCCl)c1ccccc1.[B][B]B([B])[B]. The first-order valence-electron chi connectivity index (χ1n) is 47.2. The van der Waals surface area contributed by atoms with Crippen molar-refractivity contribution in [3.63, 3.8) is 0 Å². The van der Waals surface area contributed by atoms with Gasteiger partial charge in [-0.15, -0.1) is 11.6 Å². The largest absolute Gasteiger partial charge is 0.508 e. The Kier molecular flexibility index (Phi) is 48.7. The smallest absolute Gasteiger partial charge is 0.376 e. The fraction of sp³-hybridized carbons (Fsp3) is 0.393. The molecule has 7 radical (unpaired) electrons. The van der Waals surface area contributed by atoms with Crippen molar-refractivity contribution in [1.29, 1.82) is 0 Å². The molecule has 0 bridgehead atoms. The first kappa shape index (κ1) is 110. The topological polar surface area (TPSA) is 274 Å². The molecular formula is C107H138B6ClN8O13. The van der Waals surface area contributed by atoms with E-state index in [0.717, 1.165) is 187 Å². The molecule has 14 rings (SSSR count). The van der Waals surface area contributed by atoms with Crippen molar-refractivity contribution < 1.29 is 63.5 Å². The third-order valence-corrected chi connectivity index (χ3v) is 24.5. The first-order valence-corrected chi connectivity index (χ1v) is 47.7. The van der Waals surface area contributed by atoms with Crippen LogP contribution < -0.4 is 45.4 Å². The molecule has 4 atom stereocenters. The summed E-state index contributed by atoms with van der Waals surface area (Å²) in [6.45, 7) is 21.8. The summed E-state index contributed by atoms with van der Waals surface area (Å²) in [7, 11) is 21.8. The van der Waals surface area contributed by atoms with Gasteiger partial charge in [-0.05, 0) is 257 Å². The van der Waals surface area contributed by atoms with E-state index in [0.29, 0.717) is 53.1 Å². The number of likely N-dealkylation sites (tertiary alicyclic amines) is 3. The number of carbonyl (C=O) groups excluding carboxylic acids is 3. The van der Waals surface area contributed by atoms with Gasteiger partial charge in [0.25, 0.3) is 0 Å². The number of phenols is 1. The molecule has 4 heterocycles. The van der Waals surface area contributed by atoms with Crippen LogP contribution in [0, 0.1) is 11.8 Å². The van der Waals surface area contributed by atoms with Crippen LogP contribution in [0.4, 0.5) is 22.7 Å². The molecule has 10 aromatic rings. The predicted molar refractivity (Wildman–Crippen MR) is 557 cm³/mol. The fourth-order valence-corrected chi connectivity index (χ4v) is 16.5. The van der Waals surface area contributed by atoms with Gasteiger partial charge in [-0.25, -0.2) is 0 Å². The van der Waals surface area contributed by atoms with Gasteiger partial charge in [0.2, 0.25) is 17.7 Å². The Morgan fingerprint density at radius 2 is 0.852 bits per heavy atom. The molecule has 135 heavy (non-hydrogen) atoms. The van der Waals surface area contributed by atoms with Crippen LogP contribution in [0.15, 0.2) is 261 Å². The second kappa shape index (κ2) is 60.0. The monoisotopic (exact) mass is 1840 g/mol. The number of halogens is 1. The van der Waals surface area contributed by atoms with Crippen LogP contribution in [0.1, 0.15) is 192 Å².